The number of alkyl halides is 3. The zero-order valence-electron chi connectivity index (χ0n) is 24.5. The lowest BCUT2D eigenvalue weighted by Crippen LogP contribution is -2.66. The summed E-state index contributed by atoms with van der Waals surface area (Å²) in [6, 6.07) is 14.3. The van der Waals surface area contributed by atoms with Crippen molar-refractivity contribution in [3.8, 4) is 0 Å². The molecule has 0 bridgehead atoms. The summed E-state index contributed by atoms with van der Waals surface area (Å²) in [6.45, 7) is 5.27. The predicted octanol–water partition coefficient (Wildman–Crippen LogP) is 6.11. The van der Waals surface area contributed by atoms with Crippen molar-refractivity contribution in [3.05, 3.63) is 71.3 Å². The number of aryl methyl sites for hydroxylation is 1. The quantitative estimate of drug-likeness (QED) is 0.424. The maximum atomic E-state index is 14.1. The van der Waals surface area contributed by atoms with Crippen LogP contribution in [-0.4, -0.2) is 58.0 Å². The molecule has 7 nitrogen and oxygen atoms in total. The Labute approximate surface area is 245 Å². The zero-order valence-corrected chi connectivity index (χ0v) is 24.5. The van der Waals surface area contributed by atoms with Gasteiger partial charge in [-0.2, -0.15) is 13.2 Å². The Hall–Kier alpha value is -3.56. The van der Waals surface area contributed by atoms with E-state index in [4.69, 9.17) is 4.74 Å². The van der Waals surface area contributed by atoms with Crippen molar-refractivity contribution >= 4 is 17.9 Å². The molecule has 1 aliphatic heterocycles. The van der Waals surface area contributed by atoms with Crippen LogP contribution in [0, 0.1) is 0 Å². The summed E-state index contributed by atoms with van der Waals surface area (Å²) in [5.74, 6) is -0.655. The van der Waals surface area contributed by atoms with Crippen LogP contribution in [0.5, 0.6) is 0 Å². The number of hydrogen-bond donors (Lipinski definition) is 1. The van der Waals surface area contributed by atoms with E-state index in [0.29, 0.717) is 31.2 Å². The van der Waals surface area contributed by atoms with Gasteiger partial charge in [0.1, 0.15) is 11.1 Å². The lowest BCUT2D eigenvalue weighted by molar-refractivity contribution is -0.154. The third kappa shape index (κ3) is 8.04. The van der Waals surface area contributed by atoms with Crippen LogP contribution in [0.3, 0.4) is 0 Å². The van der Waals surface area contributed by atoms with Gasteiger partial charge in [-0.1, -0.05) is 61.7 Å². The van der Waals surface area contributed by atoms with E-state index in [1.807, 2.05) is 30.3 Å². The maximum absolute atomic E-state index is 14.1. The van der Waals surface area contributed by atoms with Crippen molar-refractivity contribution in [1.82, 2.24) is 15.1 Å². The monoisotopic (exact) mass is 587 g/mol. The number of nitrogens with one attached hydrogen (secondary N) is 1. The van der Waals surface area contributed by atoms with Crippen molar-refractivity contribution in [2.24, 2.45) is 0 Å². The van der Waals surface area contributed by atoms with Crippen molar-refractivity contribution < 1.29 is 32.3 Å². The molecule has 0 spiro atoms. The smallest absolute Gasteiger partial charge is 0.416 e. The Morgan fingerprint density at radius 3 is 2.29 bits per heavy atom. The highest BCUT2D eigenvalue weighted by molar-refractivity contribution is 5.93. The fourth-order valence-electron chi connectivity index (χ4n) is 5.86. The number of rotatable bonds is 7. The average Bonchev–Trinajstić information content (AvgIpc) is 2.92. The molecule has 2 fully saturated rings. The fourth-order valence-corrected chi connectivity index (χ4v) is 5.86. The van der Waals surface area contributed by atoms with Crippen molar-refractivity contribution in [2.45, 2.75) is 95.6 Å². The van der Waals surface area contributed by atoms with E-state index in [1.54, 1.807) is 31.7 Å². The molecule has 1 atom stereocenters. The van der Waals surface area contributed by atoms with E-state index in [1.165, 1.54) is 11.0 Å². The van der Waals surface area contributed by atoms with Crippen molar-refractivity contribution in [3.63, 3.8) is 0 Å². The van der Waals surface area contributed by atoms with Crippen LogP contribution < -0.4 is 5.32 Å². The number of hydrogen-bond acceptors (Lipinski definition) is 4. The Morgan fingerprint density at radius 1 is 0.976 bits per heavy atom. The number of amides is 3. The minimum atomic E-state index is -4.49. The second-order valence-corrected chi connectivity index (χ2v) is 12.4. The van der Waals surface area contributed by atoms with E-state index in [9.17, 15) is 27.6 Å². The summed E-state index contributed by atoms with van der Waals surface area (Å²) in [7, 11) is 0. The molecular weight excluding hydrogens is 547 g/mol. The molecule has 1 heterocycles. The summed E-state index contributed by atoms with van der Waals surface area (Å²) in [5.41, 5.74) is -1.25. The summed E-state index contributed by atoms with van der Waals surface area (Å²) in [5, 5.41) is 2.86. The number of carbonyl (C=O) groups excluding carboxylic acids is 3. The number of nitrogens with zero attached hydrogens (tertiary/aromatic N) is 2. The molecule has 0 aromatic heterocycles. The number of halogens is 3. The highest BCUT2D eigenvalue weighted by Crippen LogP contribution is 2.33. The second-order valence-electron chi connectivity index (χ2n) is 12.4. The molecule has 0 unspecified atom stereocenters. The van der Waals surface area contributed by atoms with E-state index >= 15 is 0 Å². The van der Waals surface area contributed by atoms with Gasteiger partial charge in [-0.05, 0) is 69.7 Å². The van der Waals surface area contributed by atoms with Crippen LogP contribution in [0.4, 0.5) is 18.0 Å². The molecule has 0 radical (unpaired) electrons. The highest BCUT2D eigenvalue weighted by Gasteiger charge is 2.47. The first-order valence-corrected chi connectivity index (χ1v) is 14.6. The van der Waals surface area contributed by atoms with Gasteiger partial charge in [0, 0.05) is 13.1 Å². The summed E-state index contributed by atoms with van der Waals surface area (Å²) in [4.78, 5) is 43.6. The highest BCUT2D eigenvalue weighted by atomic mass is 19.4. The van der Waals surface area contributed by atoms with Gasteiger partial charge in [0.05, 0.1) is 18.2 Å². The van der Waals surface area contributed by atoms with Gasteiger partial charge in [0.2, 0.25) is 11.8 Å². The molecule has 3 amide bonds. The van der Waals surface area contributed by atoms with Gasteiger partial charge < -0.3 is 19.9 Å². The Balaban J connectivity index is 1.58. The van der Waals surface area contributed by atoms with Crippen LogP contribution >= 0.6 is 0 Å². The van der Waals surface area contributed by atoms with Crippen molar-refractivity contribution in [1.29, 1.82) is 0 Å². The van der Waals surface area contributed by atoms with E-state index in [-0.39, 0.29) is 31.4 Å². The first-order chi connectivity index (χ1) is 19.8. The average molecular weight is 588 g/mol. The molecule has 2 aromatic rings. The first kappa shape index (κ1) is 31.4. The van der Waals surface area contributed by atoms with Crippen LogP contribution in [0.1, 0.15) is 76.0 Å². The van der Waals surface area contributed by atoms with Gasteiger partial charge in [-0.25, -0.2) is 4.79 Å². The SMILES string of the molecule is CC(C)(C)OC(=O)NC1(C(=O)N2CC(=O)N(Cc3cccc(C(F)(F)F)c3)[C@@H](CCc3ccccc3)C2)CCCCC1. The molecule has 1 aliphatic carbocycles. The predicted molar refractivity (Wildman–Crippen MR) is 152 cm³/mol. The summed E-state index contributed by atoms with van der Waals surface area (Å²) >= 11 is 0. The second kappa shape index (κ2) is 12.8. The van der Waals surface area contributed by atoms with Gasteiger partial charge in [-0.3, -0.25) is 9.59 Å². The first-order valence-electron chi connectivity index (χ1n) is 14.6. The van der Waals surface area contributed by atoms with Crippen LogP contribution in [0.2, 0.25) is 0 Å². The molecule has 1 N–H and O–H groups in total. The van der Waals surface area contributed by atoms with Gasteiger partial charge in [0.15, 0.2) is 0 Å². The van der Waals surface area contributed by atoms with Crippen LogP contribution in [0.25, 0.3) is 0 Å². The molecule has 228 valence electrons. The maximum Gasteiger partial charge on any atom is 0.416 e. The van der Waals surface area contributed by atoms with E-state index in [2.05, 4.69) is 5.32 Å². The Bertz CT molecular complexity index is 1250. The lowest BCUT2D eigenvalue weighted by atomic mass is 9.80. The van der Waals surface area contributed by atoms with Gasteiger partial charge >= 0.3 is 12.3 Å². The molecule has 1 saturated heterocycles. The molecule has 10 heteroatoms. The number of piperazine rings is 1. The Morgan fingerprint density at radius 2 is 1.64 bits per heavy atom. The van der Waals surface area contributed by atoms with E-state index < -0.39 is 35.0 Å². The number of alkyl carbamates (subject to hydrolysis) is 1. The normalized spacial score (nSPS) is 19.4. The van der Waals surface area contributed by atoms with Crippen LogP contribution in [-0.2, 0) is 33.5 Å². The molecule has 4 rings (SSSR count). The molecule has 2 aromatic carbocycles. The Kier molecular flexibility index (Phi) is 9.53. The van der Waals surface area contributed by atoms with Crippen LogP contribution in [0.15, 0.2) is 54.6 Å². The standard InChI is InChI=1S/C32H40F3N3O4/c1-30(2,3)42-29(41)36-31(17-8-5-9-18-31)28(40)37-21-26(16-15-23-11-6-4-7-12-23)38(27(39)22-37)20-24-13-10-14-25(19-24)32(33,34)35/h4,6-7,10-14,19,26H,5,8-9,15-18,20-22H2,1-3H3,(H,36,41)/t26-/m0/s1. The van der Waals surface area contributed by atoms with E-state index in [0.717, 1.165) is 37.0 Å². The zero-order chi connectivity index (χ0) is 30.5. The minimum Gasteiger partial charge on any atom is -0.444 e. The topological polar surface area (TPSA) is 79.0 Å². The summed E-state index contributed by atoms with van der Waals surface area (Å²) in [6.07, 6.45) is -0.692. The lowest BCUT2D eigenvalue weighted by Gasteiger charge is -2.46. The van der Waals surface area contributed by atoms with Crippen molar-refractivity contribution in [2.75, 3.05) is 13.1 Å². The van der Waals surface area contributed by atoms with Gasteiger partial charge in [0.25, 0.3) is 0 Å². The summed E-state index contributed by atoms with van der Waals surface area (Å²) < 4.78 is 45.6. The fraction of sp³-hybridized carbons (Fsp3) is 0.531. The molecular formula is C32H40F3N3O4. The largest absolute Gasteiger partial charge is 0.444 e. The molecule has 1 saturated carbocycles. The molecule has 2 aliphatic rings. The minimum absolute atomic E-state index is 0.00550. The molecule has 42 heavy (non-hydrogen) atoms. The number of ether oxygens (including phenoxy) is 1. The third-order valence-electron chi connectivity index (χ3n) is 7.88. The number of benzene rings is 2. The number of carbonyl (C=O) groups is 3. The van der Waals surface area contributed by atoms with Gasteiger partial charge in [-0.15, -0.1) is 0 Å². The third-order valence-corrected chi connectivity index (χ3v) is 7.88.